The predicted molar refractivity (Wildman–Crippen MR) is 133 cm³/mol. The average molecular weight is 479 g/mol. The van der Waals surface area contributed by atoms with Crippen LogP contribution in [-0.2, 0) is 19.8 Å². The van der Waals surface area contributed by atoms with Gasteiger partial charge in [0.2, 0.25) is 0 Å². The SMILES string of the molecule is C=C(C)c1cccc(C(C)(C)NC(=O)OCCOc2ccc(C=C(C#N)C(=O)OC)cc2OC)c1. The van der Waals surface area contributed by atoms with Crippen LogP contribution in [0.1, 0.15) is 37.5 Å². The van der Waals surface area contributed by atoms with Gasteiger partial charge in [-0.25, -0.2) is 9.59 Å². The third-order valence-corrected chi connectivity index (χ3v) is 5.09. The summed E-state index contributed by atoms with van der Waals surface area (Å²) in [4.78, 5) is 23.9. The Labute approximate surface area is 205 Å². The minimum atomic E-state index is -0.728. The van der Waals surface area contributed by atoms with Gasteiger partial charge in [-0.3, -0.25) is 0 Å². The Morgan fingerprint density at radius 3 is 2.49 bits per heavy atom. The molecule has 1 amide bonds. The number of methoxy groups -OCH3 is 2. The summed E-state index contributed by atoms with van der Waals surface area (Å²) in [7, 11) is 2.67. The number of nitriles is 1. The number of hydrogen-bond donors (Lipinski definition) is 1. The highest BCUT2D eigenvalue weighted by atomic mass is 16.6. The quantitative estimate of drug-likeness (QED) is 0.225. The Balaban J connectivity index is 1.94. The maximum absolute atomic E-state index is 12.3. The first-order chi connectivity index (χ1) is 16.6. The molecule has 0 bridgehead atoms. The van der Waals surface area contributed by atoms with Crippen LogP contribution >= 0.6 is 0 Å². The molecule has 0 radical (unpaired) electrons. The molecule has 0 unspecified atom stereocenters. The Kier molecular flexibility index (Phi) is 9.47. The van der Waals surface area contributed by atoms with Gasteiger partial charge in [0.05, 0.1) is 19.8 Å². The molecule has 0 saturated carbocycles. The lowest BCUT2D eigenvalue weighted by Crippen LogP contribution is -2.41. The van der Waals surface area contributed by atoms with Crippen molar-refractivity contribution < 1.29 is 28.5 Å². The predicted octanol–water partition coefficient (Wildman–Crippen LogP) is 4.85. The molecule has 1 N–H and O–H groups in total. The van der Waals surface area contributed by atoms with Crippen LogP contribution in [0.25, 0.3) is 11.6 Å². The van der Waals surface area contributed by atoms with Crippen LogP contribution in [0.2, 0.25) is 0 Å². The summed E-state index contributed by atoms with van der Waals surface area (Å²) in [5, 5.41) is 12.0. The number of nitrogens with zero attached hydrogens (tertiary/aromatic N) is 1. The van der Waals surface area contributed by atoms with Crippen molar-refractivity contribution in [3.05, 3.63) is 71.3 Å². The second kappa shape index (κ2) is 12.3. The Hall–Kier alpha value is -4.25. The molecule has 0 aliphatic rings. The van der Waals surface area contributed by atoms with Gasteiger partial charge in [-0.2, -0.15) is 5.26 Å². The zero-order chi connectivity index (χ0) is 26.0. The first-order valence-corrected chi connectivity index (χ1v) is 10.8. The number of benzene rings is 2. The van der Waals surface area contributed by atoms with Crippen LogP contribution in [0.15, 0.2) is 54.6 Å². The van der Waals surface area contributed by atoms with Crippen LogP contribution in [-0.4, -0.2) is 39.5 Å². The number of hydrogen-bond acceptors (Lipinski definition) is 7. The van der Waals surface area contributed by atoms with Crippen molar-refractivity contribution in [1.29, 1.82) is 5.26 Å². The number of allylic oxidation sites excluding steroid dienone is 1. The summed E-state index contributed by atoms with van der Waals surface area (Å²) in [5.74, 6) is 0.0833. The molecule has 0 atom stereocenters. The first-order valence-electron chi connectivity index (χ1n) is 10.8. The van der Waals surface area contributed by atoms with Crippen molar-refractivity contribution in [2.24, 2.45) is 0 Å². The van der Waals surface area contributed by atoms with Gasteiger partial charge >= 0.3 is 12.1 Å². The number of carbonyl (C=O) groups is 2. The Morgan fingerprint density at radius 2 is 1.86 bits per heavy atom. The van der Waals surface area contributed by atoms with E-state index in [4.69, 9.17) is 19.5 Å². The van der Waals surface area contributed by atoms with Crippen LogP contribution in [0, 0.1) is 11.3 Å². The summed E-state index contributed by atoms with van der Waals surface area (Å²) in [6, 6.07) is 14.5. The molecule has 0 saturated heterocycles. The van der Waals surface area contributed by atoms with Crippen molar-refractivity contribution in [3.63, 3.8) is 0 Å². The molecule has 2 aromatic rings. The minimum absolute atomic E-state index is 0.0133. The van der Waals surface area contributed by atoms with Crippen LogP contribution < -0.4 is 14.8 Å². The van der Waals surface area contributed by atoms with Crippen LogP contribution in [0.3, 0.4) is 0 Å². The first kappa shape index (κ1) is 27.0. The molecule has 0 aliphatic carbocycles. The van der Waals surface area contributed by atoms with Gasteiger partial charge in [0.25, 0.3) is 0 Å². The van der Waals surface area contributed by atoms with Crippen molar-refractivity contribution in [2.45, 2.75) is 26.3 Å². The molecule has 2 rings (SSSR count). The molecule has 184 valence electrons. The van der Waals surface area contributed by atoms with Crippen LogP contribution in [0.4, 0.5) is 4.79 Å². The topological polar surface area (TPSA) is 107 Å². The normalized spacial score (nSPS) is 11.1. The highest BCUT2D eigenvalue weighted by molar-refractivity contribution is 5.97. The summed E-state index contributed by atoms with van der Waals surface area (Å²) >= 11 is 0. The van der Waals surface area contributed by atoms with E-state index in [-0.39, 0.29) is 18.8 Å². The van der Waals surface area contributed by atoms with Gasteiger partial charge < -0.3 is 24.3 Å². The van der Waals surface area contributed by atoms with Gasteiger partial charge in [-0.15, -0.1) is 0 Å². The van der Waals surface area contributed by atoms with Crippen molar-refractivity contribution >= 4 is 23.7 Å². The number of ether oxygens (including phenoxy) is 4. The maximum Gasteiger partial charge on any atom is 0.407 e. The lowest BCUT2D eigenvalue weighted by atomic mass is 9.92. The Bertz CT molecular complexity index is 1160. The van der Waals surface area contributed by atoms with Gasteiger partial charge in [0, 0.05) is 0 Å². The molecule has 0 aliphatic heterocycles. The van der Waals surface area contributed by atoms with Crippen molar-refractivity contribution in [2.75, 3.05) is 27.4 Å². The number of alkyl carbamates (subject to hydrolysis) is 1. The third kappa shape index (κ3) is 7.64. The van der Waals surface area contributed by atoms with E-state index in [0.717, 1.165) is 16.7 Å². The van der Waals surface area contributed by atoms with Gasteiger partial charge in [-0.05, 0) is 61.7 Å². The standard InChI is InChI=1S/C27H30N2O6/c1-18(2)20-8-7-9-22(16-20)27(3,4)29-26(31)35-13-12-34-23-11-10-19(15-24(23)32-5)14-21(17-28)25(30)33-6/h7-11,14-16H,1,12-13H2,2-6H3,(H,29,31). The van der Waals surface area contributed by atoms with Crippen LogP contribution in [0.5, 0.6) is 11.5 Å². The number of carbonyl (C=O) groups excluding carboxylic acids is 2. The third-order valence-electron chi connectivity index (χ3n) is 5.09. The number of esters is 1. The van der Waals surface area contributed by atoms with E-state index in [1.54, 1.807) is 24.3 Å². The fourth-order valence-electron chi connectivity index (χ4n) is 3.13. The van der Waals surface area contributed by atoms with E-state index >= 15 is 0 Å². The zero-order valence-corrected chi connectivity index (χ0v) is 20.6. The minimum Gasteiger partial charge on any atom is -0.493 e. The zero-order valence-electron chi connectivity index (χ0n) is 20.6. The molecule has 8 nitrogen and oxygen atoms in total. The maximum atomic E-state index is 12.3. The van der Waals surface area contributed by atoms with E-state index in [1.807, 2.05) is 45.0 Å². The summed E-state index contributed by atoms with van der Waals surface area (Å²) in [5.41, 5.74) is 2.64. The van der Waals surface area contributed by atoms with Crippen molar-refractivity contribution in [3.8, 4) is 17.6 Å². The van der Waals surface area contributed by atoms with E-state index in [2.05, 4.69) is 16.6 Å². The Morgan fingerprint density at radius 1 is 1.11 bits per heavy atom. The molecular formula is C27H30N2O6. The number of amides is 1. The molecule has 8 heteroatoms. The highest BCUT2D eigenvalue weighted by Crippen LogP contribution is 2.29. The van der Waals surface area contributed by atoms with Crippen molar-refractivity contribution in [1.82, 2.24) is 5.32 Å². The average Bonchev–Trinajstić information content (AvgIpc) is 2.84. The molecule has 0 aromatic heterocycles. The summed E-state index contributed by atoms with van der Waals surface area (Å²) in [6.07, 6.45) is 0.818. The molecular weight excluding hydrogens is 448 g/mol. The molecule has 2 aromatic carbocycles. The summed E-state index contributed by atoms with van der Waals surface area (Å²) in [6.45, 7) is 9.78. The second-order valence-corrected chi connectivity index (χ2v) is 8.17. The number of nitrogens with one attached hydrogen (secondary N) is 1. The molecule has 0 spiro atoms. The monoisotopic (exact) mass is 478 g/mol. The van der Waals surface area contributed by atoms with Gasteiger partial charge in [-0.1, -0.05) is 36.4 Å². The smallest absolute Gasteiger partial charge is 0.407 e. The highest BCUT2D eigenvalue weighted by Gasteiger charge is 2.24. The molecule has 0 heterocycles. The fraction of sp³-hybridized carbons (Fsp3) is 0.296. The number of rotatable bonds is 10. The van der Waals surface area contributed by atoms with Gasteiger partial charge in [0.1, 0.15) is 24.9 Å². The van der Waals surface area contributed by atoms with E-state index in [9.17, 15) is 9.59 Å². The van der Waals surface area contributed by atoms with Gasteiger partial charge in [0.15, 0.2) is 11.5 Å². The summed E-state index contributed by atoms with van der Waals surface area (Å²) < 4.78 is 20.8. The van der Waals surface area contributed by atoms with E-state index in [1.165, 1.54) is 20.3 Å². The largest absolute Gasteiger partial charge is 0.493 e. The van der Waals surface area contributed by atoms with E-state index < -0.39 is 17.6 Å². The fourth-order valence-corrected chi connectivity index (χ4v) is 3.13. The lowest BCUT2D eigenvalue weighted by Gasteiger charge is -2.27. The second-order valence-electron chi connectivity index (χ2n) is 8.17. The van der Waals surface area contributed by atoms with E-state index in [0.29, 0.717) is 17.1 Å². The molecule has 0 fully saturated rings. The molecule has 35 heavy (non-hydrogen) atoms. The lowest BCUT2D eigenvalue weighted by molar-refractivity contribution is -0.135.